The standard InChI is InChI=1S/C28H20Cl2N4O3/c1-16-6-7-17(28-32-24-13-20(30)8-9-25(24)37-28)11-23(16)31-15-18-10-22(14-26(36-2)27(18)35)34-33-21-5-3-4-19(29)12-21/h3-15,35H,1-2H3. The van der Waals surface area contributed by atoms with Crippen molar-refractivity contribution in [2.24, 2.45) is 15.2 Å². The molecular weight excluding hydrogens is 511 g/mol. The lowest BCUT2D eigenvalue weighted by Crippen LogP contribution is -1.89. The van der Waals surface area contributed by atoms with Crippen LogP contribution in [-0.2, 0) is 0 Å². The van der Waals surface area contributed by atoms with E-state index in [2.05, 4.69) is 20.2 Å². The van der Waals surface area contributed by atoms with Crippen LogP contribution in [0.25, 0.3) is 22.6 Å². The van der Waals surface area contributed by atoms with E-state index in [1.54, 1.807) is 60.8 Å². The largest absolute Gasteiger partial charge is 0.504 e. The summed E-state index contributed by atoms with van der Waals surface area (Å²) in [6.45, 7) is 1.94. The Bertz CT molecular complexity index is 1680. The van der Waals surface area contributed by atoms with Crippen molar-refractivity contribution in [3.8, 4) is 23.0 Å². The van der Waals surface area contributed by atoms with Crippen molar-refractivity contribution in [3.63, 3.8) is 0 Å². The van der Waals surface area contributed by atoms with Crippen molar-refractivity contribution >= 4 is 57.6 Å². The first-order valence-electron chi connectivity index (χ1n) is 11.2. The quantitative estimate of drug-likeness (QED) is 0.175. The average molecular weight is 531 g/mol. The Hall–Kier alpha value is -4.20. The number of azo groups is 1. The van der Waals surface area contributed by atoms with E-state index in [0.717, 1.165) is 11.1 Å². The van der Waals surface area contributed by atoms with Gasteiger partial charge in [0.05, 0.1) is 24.2 Å². The highest BCUT2D eigenvalue weighted by Gasteiger charge is 2.12. The van der Waals surface area contributed by atoms with Gasteiger partial charge in [0, 0.05) is 33.5 Å². The topological polar surface area (TPSA) is 92.6 Å². The fraction of sp³-hybridized carbons (Fsp3) is 0.0714. The highest BCUT2D eigenvalue weighted by molar-refractivity contribution is 6.31. The van der Waals surface area contributed by atoms with Crippen LogP contribution in [0.5, 0.6) is 11.5 Å². The van der Waals surface area contributed by atoms with Crippen LogP contribution in [0.3, 0.4) is 0 Å². The summed E-state index contributed by atoms with van der Waals surface area (Å²) >= 11 is 12.1. The number of benzene rings is 4. The molecule has 5 rings (SSSR count). The molecule has 0 aliphatic carbocycles. The molecule has 37 heavy (non-hydrogen) atoms. The van der Waals surface area contributed by atoms with Gasteiger partial charge in [0.15, 0.2) is 17.1 Å². The second-order valence-corrected chi connectivity index (χ2v) is 9.03. The second kappa shape index (κ2) is 10.4. The molecule has 1 aromatic heterocycles. The number of oxazole rings is 1. The molecule has 9 heteroatoms. The number of aromatic hydroxyl groups is 1. The molecule has 1 heterocycles. The lowest BCUT2D eigenvalue weighted by molar-refractivity contribution is 0.373. The van der Waals surface area contributed by atoms with Crippen LogP contribution in [0.4, 0.5) is 17.1 Å². The molecule has 0 saturated carbocycles. The van der Waals surface area contributed by atoms with Crippen molar-refractivity contribution in [1.82, 2.24) is 4.98 Å². The molecule has 0 bridgehead atoms. The number of aromatic nitrogens is 1. The summed E-state index contributed by atoms with van der Waals surface area (Å²) in [5, 5.41) is 20.3. The number of phenols is 1. The van der Waals surface area contributed by atoms with E-state index in [9.17, 15) is 5.11 Å². The third kappa shape index (κ3) is 5.48. The minimum atomic E-state index is -0.0578. The molecule has 0 aliphatic rings. The third-order valence-electron chi connectivity index (χ3n) is 5.55. The van der Waals surface area contributed by atoms with Gasteiger partial charge in [-0.2, -0.15) is 10.2 Å². The summed E-state index contributed by atoms with van der Waals surface area (Å²) in [5.74, 6) is 0.652. The maximum Gasteiger partial charge on any atom is 0.227 e. The van der Waals surface area contributed by atoms with Crippen LogP contribution in [0, 0.1) is 6.92 Å². The first kappa shape index (κ1) is 24.5. The molecular formula is C28H20Cl2N4O3. The number of hydrogen-bond donors (Lipinski definition) is 1. The van der Waals surface area contributed by atoms with Gasteiger partial charge in [-0.25, -0.2) is 4.98 Å². The van der Waals surface area contributed by atoms with Gasteiger partial charge < -0.3 is 14.3 Å². The Morgan fingerprint density at radius 3 is 2.54 bits per heavy atom. The lowest BCUT2D eigenvalue weighted by Gasteiger charge is -2.08. The van der Waals surface area contributed by atoms with Crippen molar-refractivity contribution in [2.75, 3.05) is 7.11 Å². The Morgan fingerprint density at radius 1 is 0.919 bits per heavy atom. The van der Waals surface area contributed by atoms with E-state index in [0.29, 0.717) is 49.7 Å². The van der Waals surface area contributed by atoms with Gasteiger partial charge in [-0.3, -0.25) is 4.99 Å². The van der Waals surface area contributed by atoms with Gasteiger partial charge in [-0.15, -0.1) is 0 Å². The molecule has 0 unspecified atom stereocenters. The van der Waals surface area contributed by atoms with Crippen LogP contribution in [0.2, 0.25) is 10.0 Å². The molecule has 5 aromatic rings. The molecule has 7 nitrogen and oxygen atoms in total. The molecule has 0 amide bonds. The van der Waals surface area contributed by atoms with Gasteiger partial charge in [-0.1, -0.05) is 35.3 Å². The first-order chi connectivity index (χ1) is 17.9. The summed E-state index contributed by atoms with van der Waals surface area (Å²) in [4.78, 5) is 9.16. The zero-order valence-electron chi connectivity index (χ0n) is 19.8. The number of hydrogen-bond acceptors (Lipinski definition) is 7. The predicted molar refractivity (Wildman–Crippen MR) is 147 cm³/mol. The third-order valence-corrected chi connectivity index (χ3v) is 6.02. The highest BCUT2D eigenvalue weighted by Crippen LogP contribution is 2.36. The van der Waals surface area contributed by atoms with Crippen LogP contribution in [-0.4, -0.2) is 23.4 Å². The molecule has 1 N–H and O–H groups in total. The summed E-state index contributed by atoms with van der Waals surface area (Å²) in [5.41, 5.74) is 5.19. The van der Waals surface area contributed by atoms with Gasteiger partial charge in [0.1, 0.15) is 5.52 Å². The zero-order chi connectivity index (χ0) is 25.9. The van der Waals surface area contributed by atoms with Crippen LogP contribution < -0.4 is 4.74 Å². The minimum absolute atomic E-state index is 0.0578. The Morgan fingerprint density at radius 2 is 1.73 bits per heavy atom. The predicted octanol–water partition coefficient (Wildman–Crippen LogP) is 8.99. The fourth-order valence-electron chi connectivity index (χ4n) is 3.62. The van der Waals surface area contributed by atoms with Crippen LogP contribution in [0.1, 0.15) is 11.1 Å². The number of aryl methyl sites for hydroxylation is 1. The van der Waals surface area contributed by atoms with E-state index < -0.39 is 0 Å². The average Bonchev–Trinajstić information content (AvgIpc) is 3.31. The normalized spacial score (nSPS) is 11.7. The minimum Gasteiger partial charge on any atom is -0.504 e. The van der Waals surface area contributed by atoms with Crippen LogP contribution >= 0.6 is 23.2 Å². The van der Waals surface area contributed by atoms with Gasteiger partial charge in [-0.05, 0) is 67.1 Å². The van der Waals surface area contributed by atoms with Crippen LogP contribution in [0.15, 0.2) is 92.4 Å². The molecule has 0 saturated heterocycles. The maximum absolute atomic E-state index is 10.7. The fourth-order valence-corrected chi connectivity index (χ4v) is 3.98. The van der Waals surface area contributed by atoms with Crippen molar-refractivity contribution in [2.45, 2.75) is 6.92 Å². The van der Waals surface area contributed by atoms with E-state index in [-0.39, 0.29) is 11.5 Å². The monoisotopic (exact) mass is 530 g/mol. The molecule has 0 atom stereocenters. The summed E-state index contributed by atoms with van der Waals surface area (Å²) < 4.78 is 11.2. The lowest BCUT2D eigenvalue weighted by atomic mass is 10.1. The number of nitrogens with zero attached hydrogens (tertiary/aromatic N) is 4. The summed E-state index contributed by atoms with van der Waals surface area (Å²) in [6, 6.07) is 21.3. The van der Waals surface area contributed by atoms with E-state index in [4.69, 9.17) is 32.4 Å². The number of halogens is 2. The molecule has 0 radical (unpaired) electrons. The van der Waals surface area contributed by atoms with Crippen molar-refractivity contribution < 1.29 is 14.3 Å². The summed E-state index contributed by atoms with van der Waals surface area (Å²) in [6.07, 6.45) is 1.55. The molecule has 184 valence electrons. The summed E-state index contributed by atoms with van der Waals surface area (Å²) in [7, 11) is 1.47. The van der Waals surface area contributed by atoms with E-state index in [1.165, 1.54) is 7.11 Å². The van der Waals surface area contributed by atoms with Gasteiger partial charge in [0.25, 0.3) is 0 Å². The maximum atomic E-state index is 10.7. The SMILES string of the molecule is COc1cc(N=Nc2cccc(Cl)c2)cc(C=Nc2cc(-c3nc4cc(Cl)ccc4o3)ccc2C)c1O. The molecule has 0 fully saturated rings. The van der Waals surface area contributed by atoms with E-state index in [1.807, 2.05) is 25.1 Å². The van der Waals surface area contributed by atoms with E-state index >= 15 is 0 Å². The van der Waals surface area contributed by atoms with Crippen molar-refractivity contribution in [1.29, 1.82) is 0 Å². The first-order valence-corrected chi connectivity index (χ1v) is 11.9. The Labute approximate surface area is 222 Å². The number of methoxy groups -OCH3 is 1. The molecule has 0 spiro atoms. The zero-order valence-corrected chi connectivity index (χ0v) is 21.3. The molecule has 0 aliphatic heterocycles. The Balaban J connectivity index is 1.47. The van der Waals surface area contributed by atoms with Gasteiger partial charge in [0.2, 0.25) is 5.89 Å². The Kier molecular flexibility index (Phi) is 6.90. The number of aliphatic imine (C=N–C) groups is 1. The molecule has 4 aromatic carbocycles. The second-order valence-electron chi connectivity index (χ2n) is 8.16. The number of rotatable bonds is 6. The van der Waals surface area contributed by atoms with Gasteiger partial charge >= 0.3 is 0 Å². The smallest absolute Gasteiger partial charge is 0.227 e. The number of phenolic OH excluding ortho intramolecular Hbond substituents is 1. The highest BCUT2D eigenvalue weighted by atomic mass is 35.5. The number of fused-ring (bicyclic) bond motifs is 1. The van der Waals surface area contributed by atoms with Crippen molar-refractivity contribution in [3.05, 3.63) is 94.0 Å². The number of ether oxygens (including phenoxy) is 1.